The zero-order chi connectivity index (χ0) is 21.2. The molecule has 4 unspecified atom stereocenters. The Morgan fingerprint density at radius 2 is 1.74 bits per heavy atom. The van der Waals surface area contributed by atoms with Gasteiger partial charge in [0.15, 0.2) is 0 Å². The van der Waals surface area contributed by atoms with Crippen LogP contribution in [0.25, 0.3) is 5.57 Å². The summed E-state index contributed by atoms with van der Waals surface area (Å²) >= 11 is 0. The average molecular weight is 415 g/mol. The lowest BCUT2D eigenvalue weighted by Gasteiger charge is -2.37. The van der Waals surface area contributed by atoms with E-state index in [1.165, 1.54) is 0 Å². The summed E-state index contributed by atoms with van der Waals surface area (Å²) in [5, 5.41) is 25.1. The predicted octanol–water partition coefficient (Wildman–Crippen LogP) is 2.97. The van der Waals surface area contributed by atoms with Gasteiger partial charge in [0.25, 0.3) is 0 Å². The molecule has 2 aliphatic carbocycles. The van der Waals surface area contributed by atoms with Gasteiger partial charge in [-0.1, -0.05) is 55.5 Å². The fourth-order valence-corrected chi connectivity index (χ4v) is 5.89. The van der Waals surface area contributed by atoms with Crippen LogP contribution in [0.4, 0.5) is 5.69 Å². The van der Waals surface area contributed by atoms with E-state index in [2.05, 4.69) is 33.5 Å². The maximum absolute atomic E-state index is 11.0. The van der Waals surface area contributed by atoms with Gasteiger partial charge in [-0.3, -0.25) is 0 Å². The molecule has 0 amide bonds. The van der Waals surface area contributed by atoms with E-state index in [0.29, 0.717) is 0 Å². The Kier molecular flexibility index (Phi) is 4.10. The van der Waals surface area contributed by atoms with Gasteiger partial charge < -0.3 is 20.4 Å². The van der Waals surface area contributed by atoms with Crippen molar-refractivity contribution in [1.82, 2.24) is 4.90 Å². The largest absolute Gasteiger partial charge is 0.390 e. The van der Waals surface area contributed by atoms with Crippen LogP contribution in [0.2, 0.25) is 0 Å². The molecule has 2 saturated carbocycles. The monoisotopic (exact) mass is 414 g/mol. The number of nitrogens with one attached hydrogen (secondary N) is 1. The Morgan fingerprint density at radius 3 is 2.42 bits per heavy atom. The van der Waals surface area contributed by atoms with Crippen LogP contribution in [0, 0.1) is 17.8 Å². The van der Waals surface area contributed by atoms with Crippen molar-refractivity contribution in [3.05, 3.63) is 72.4 Å². The smallest absolute Gasteiger partial charge is 0.137 e. The summed E-state index contributed by atoms with van der Waals surface area (Å²) in [6.07, 6.45) is 2.98. The normalized spacial score (nSPS) is 37.7. The molecule has 7 atom stereocenters. The lowest BCUT2D eigenvalue weighted by molar-refractivity contribution is -0.0324. The number of aliphatic imine (C=N–C) groups is 2. The second kappa shape index (κ2) is 6.77. The quantitative estimate of drug-likeness (QED) is 0.721. The van der Waals surface area contributed by atoms with Crippen LogP contribution < -0.4 is 5.32 Å². The highest BCUT2D eigenvalue weighted by molar-refractivity contribution is 6.09. The summed E-state index contributed by atoms with van der Waals surface area (Å²) in [4.78, 5) is 11.6. The molecule has 2 heterocycles. The number of rotatable bonds is 3. The number of amidine groups is 1. The molecule has 0 aromatic heterocycles. The summed E-state index contributed by atoms with van der Waals surface area (Å²) in [5.41, 5.74) is 2.78. The van der Waals surface area contributed by atoms with Crippen molar-refractivity contribution in [3.63, 3.8) is 0 Å². The molecule has 158 valence electrons. The van der Waals surface area contributed by atoms with Crippen molar-refractivity contribution < 1.29 is 10.2 Å². The predicted molar refractivity (Wildman–Crippen MR) is 122 cm³/mol. The van der Waals surface area contributed by atoms with Gasteiger partial charge in [-0.25, -0.2) is 9.98 Å². The van der Waals surface area contributed by atoms with Gasteiger partial charge in [0.2, 0.25) is 0 Å². The number of fused-ring (bicyclic) bond motifs is 2. The number of para-hydroxylation sites is 1. The number of hydrogen-bond acceptors (Lipinski definition) is 6. The number of aliphatic hydroxyl groups excluding tert-OH is 2. The number of anilines is 1. The zero-order valence-electron chi connectivity index (χ0n) is 17.3. The summed E-state index contributed by atoms with van der Waals surface area (Å²) in [6, 6.07) is 20.3. The van der Waals surface area contributed by atoms with E-state index in [-0.39, 0.29) is 23.9 Å². The molecule has 0 saturated heterocycles. The molecular weight excluding hydrogens is 388 g/mol. The first-order chi connectivity index (χ1) is 15.1. The van der Waals surface area contributed by atoms with Gasteiger partial charge in [0.1, 0.15) is 24.4 Å². The molecule has 6 heteroatoms. The van der Waals surface area contributed by atoms with E-state index >= 15 is 0 Å². The van der Waals surface area contributed by atoms with Gasteiger partial charge in [-0.05, 0) is 41.5 Å². The second-order valence-corrected chi connectivity index (χ2v) is 9.12. The standard InChI is InChI=1S/C25H26N4O2/c1-15-19-12-25(19,22(31)21(15)30)29-13-18(16-8-4-2-5-9-16)20-23(26-14-27-24(20)29)28-17-10-6-3-7-11-17/h2-11,13-15,19-22,24,30-31H,12H2,1H3,(H,26,27,28)/t15-,19-,20?,21?,22?,24?,25+/m0/s1. The number of benzene rings is 2. The van der Waals surface area contributed by atoms with Crippen molar-refractivity contribution in [1.29, 1.82) is 0 Å². The molecule has 2 aliphatic heterocycles. The molecule has 2 aromatic carbocycles. The van der Waals surface area contributed by atoms with Gasteiger partial charge in [-0.2, -0.15) is 0 Å². The summed E-state index contributed by atoms with van der Waals surface area (Å²) in [5.74, 6) is 1.11. The molecule has 31 heavy (non-hydrogen) atoms. The lowest BCUT2D eigenvalue weighted by atomic mass is 9.91. The topological polar surface area (TPSA) is 80.5 Å². The average Bonchev–Trinajstić information content (AvgIpc) is 3.39. The van der Waals surface area contributed by atoms with E-state index in [0.717, 1.165) is 29.1 Å². The van der Waals surface area contributed by atoms with Gasteiger partial charge in [0.05, 0.1) is 17.6 Å². The third kappa shape index (κ3) is 2.65. The van der Waals surface area contributed by atoms with Crippen LogP contribution in [0.5, 0.6) is 0 Å². The van der Waals surface area contributed by atoms with Crippen LogP contribution >= 0.6 is 0 Å². The highest BCUT2D eigenvalue weighted by Gasteiger charge is 2.74. The van der Waals surface area contributed by atoms with E-state index in [1.54, 1.807) is 6.34 Å². The van der Waals surface area contributed by atoms with Crippen LogP contribution in [0.3, 0.4) is 0 Å². The number of nitrogens with zero attached hydrogens (tertiary/aromatic N) is 3. The Bertz CT molecular complexity index is 1080. The highest BCUT2D eigenvalue weighted by atomic mass is 16.3. The first-order valence-corrected chi connectivity index (χ1v) is 10.9. The Morgan fingerprint density at radius 1 is 1.03 bits per heavy atom. The molecule has 6 rings (SSSR count). The van der Waals surface area contributed by atoms with Gasteiger partial charge in [-0.15, -0.1) is 0 Å². The van der Waals surface area contributed by atoms with Crippen molar-refractivity contribution in [3.8, 4) is 0 Å². The Labute approximate surface area is 181 Å². The number of hydrogen-bond donors (Lipinski definition) is 3. The minimum absolute atomic E-state index is 0.0748. The van der Waals surface area contributed by atoms with E-state index in [9.17, 15) is 10.2 Å². The SMILES string of the molecule is C[C@@H]1C(O)C(O)[C@@]2(N3C=C(c4ccccc4)C4C(Nc5ccccc5)=NC=NC43)C[C@@H]12. The molecule has 3 N–H and O–H groups in total. The van der Waals surface area contributed by atoms with E-state index in [1.807, 2.05) is 55.5 Å². The highest BCUT2D eigenvalue weighted by Crippen LogP contribution is 2.64. The van der Waals surface area contributed by atoms with Crippen LogP contribution in [0.15, 0.2) is 76.8 Å². The molecule has 4 aliphatic rings. The van der Waals surface area contributed by atoms with E-state index < -0.39 is 17.7 Å². The molecular formula is C25H26N4O2. The fraction of sp³-hybridized carbons (Fsp3) is 0.360. The second-order valence-electron chi connectivity index (χ2n) is 9.12. The Hall–Kier alpha value is -2.96. The summed E-state index contributed by atoms with van der Waals surface area (Å²) in [6.45, 7) is 2.04. The minimum atomic E-state index is -0.779. The maximum Gasteiger partial charge on any atom is 0.137 e. The first kappa shape index (κ1) is 18.8. The third-order valence-corrected chi connectivity index (χ3v) is 7.58. The van der Waals surface area contributed by atoms with Crippen molar-refractivity contribution in [2.24, 2.45) is 27.7 Å². The van der Waals surface area contributed by atoms with Crippen molar-refractivity contribution in [2.45, 2.75) is 37.3 Å². The molecule has 6 nitrogen and oxygen atoms in total. The fourth-order valence-electron chi connectivity index (χ4n) is 5.89. The Balaban J connectivity index is 1.42. The van der Waals surface area contributed by atoms with Gasteiger partial charge >= 0.3 is 0 Å². The minimum Gasteiger partial charge on any atom is -0.390 e. The van der Waals surface area contributed by atoms with Gasteiger partial charge in [0, 0.05) is 11.9 Å². The summed E-state index contributed by atoms with van der Waals surface area (Å²) in [7, 11) is 0. The van der Waals surface area contributed by atoms with Crippen LogP contribution in [-0.4, -0.2) is 51.2 Å². The molecule has 2 aromatic rings. The van der Waals surface area contributed by atoms with Crippen molar-refractivity contribution in [2.75, 3.05) is 5.32 Å². The maximum atomic E-state index is 11.0. The molecule has 0 bridgehead atoms. The van der Waals surface area contributed by atoms with Crippen molar-refractivity contribution >= 4 is 23.4 Å². The van der Waals surface area contributed by atoms with Crippen LogP contribution in [0.1, 0.15) is 18.9 Å². The van der Waals surface area contributed by atoms with E-state index in [4.69, 9.17) is 4.99 Å². The summed E-state index contributed by atoms with van der Waals surface area (Å²) < 4.78 is 0. The molecule has 0 spiro atoms. The third-order valence-electron chi connectivity index (χ3n) is 7.58. The molecule has 2 fully saturated rings. The first-order valence-electron chi connectivity index (χ1n) is 10.9. The zero-order valence-corrected chi connectivity index (χ0v) is 17.3. The molecule has 0 radical (unpaired) electrons. The van der Waals surface area contributed by atoms with Crippen LogP contribution in [-0.2, 0) is 0 Å². The number of aliphatic hydroxyl groups is 2. The lowest BCUT2D eigenvalue weighted by Crippen LogP contribution is -2.51.